The highest BCUT2D eigenvalue weighted by molar-refractivity contribution is 6.09. The van der Waals surface area contributed by atoms with Crippen LogP contribution in [0.2, 0.25) is 0 Å². The zero-order valence-corrected chi connectivity index (χ0v) is 21.9. The molecule has 1 aliphatic carbocycles. The van der Waals surface area contributed by atoms with Gasteiger partial charge in [-0.2, -0.15) is 4.57 Å². The number of benzene rings is 3. The maximum Gasteiger partial charge on any atom is 0.239 e. The second-order valence-electron chi connectivity index (χ2n) is 11.3. The van der Waals surface area contributed by atoms with E-state index in [1.807, 2.05) is 0 Å². The Hall–Kier alpha value is -4.11. The molecule has 3 heteroatoms. The van der Waals surface area contributed by atoms with Gasteiger partial charge in [0.05, 0.1) is 16.9 Å². The quantitative estimate of drug-likeness (QED) is 0.236. The van der Waals surface area contributed by atoms with E-state index in [9.17, 15) is 0 Å². The molecule has 0 saturated carbocycles. The molecule has 0 saturated heterocycles. The summed E-state index contributed by atoms with van der Waals surface area (Å²) in [5.41, 5.74) is 10.4. The lowest BCUT2D eigenvalue weighted by Crippen LogP contribution is -2.42. The summed E-state index contributed by atoms with van der Waals surface area (Å²) in [4.78, 5) is 2.59. The Kier molecular flexibility index (Phi) is 4.75. The summed E-state index contributed by atoms with van der Waals surface area (Å²) in [6, 6.07) is 30.9. The number of allylic oxidation sites excluding steroid dienone is 2. The topological polar surface area (TPSA) is 12.0 Å². The SMILES string of the molecule is C[n+]1c(C(C)(C)C)c2c(c3c1c1ccccc1n3-c1ccccc1)C1C=CC=CC1N2c1ccccc1. The molecular formula is C34H32N3+. The van der Waals surface area contributed by atoms with E-state index in [0.717, 1.165) is 0 Å². The largest absolute Gasteiger partial charge is 0.328 e. The maximum absolute atomic E-state index is 2.59. The Balaban J connectivity index is 1.74. The van der Waals surface area contributed by atoms with Crippen LogP contribution in [0.4, 0.5) is 11.4 Å². The Morgan fingerprint density at radius 1 is 0.730 bits per heavy atom. The number of pyridine rings is 1. The summed E-state index contributed by atoms with van der Waals surface area (Å²) in [6.07, 6.45) is 9.23. The van der Waals surface area contributed by atoms with E-state index in [0.29, 0.717) is 0 Å². The van der Waals surface area contributed by atoms with Crippen LogP contribution in [-0.2, 0) is 12.5 Å². The molecule has 0 spiro atoms. The monoisotopic (exact) mass is 482 g/mol. The van der Waals surface area contributed by atoms with Crippen LogP contribution >= 0.6 is 0 Å². The molecule has 182 valence electrons. The Morgan fingerprint density at radius 2 is 1.35 bits per heavy atom. The first-order valence-electron chi connectivity index (χ1n) is 13.2. The van der Waals surface area contributed by atoms with Gasteiger partial charge in [0, 0.05) is 28.3 Å². The van der Waals surface area contributed by atoms with Gasteiger partial charge in [-0.3, -0.25) is 0 Å². The molecule has 0 radical (unpaired) electrons. The number of anilines is 2. The van der Waals surface area contributed by atoms with Crippen LogP contribution in [0.1, 0.15) is 37.9 Å². The minimum atomic E-state index is -0.0586. The highest BCUT2D eigenvalue weighted by Crippen LogP contribution is 2.54. The molecule has 7 rings (SSSR count). The lowest BCUT2D eigenvalue weighted by Gasteiger charge is -2.30. The molecule has 5 aromatic rings. The Bertz CT molecular complexity index is 1720. The summed E-state index contributed by atoms with van der Waals surface area (Å²) in [7, 11) is 2.27. The lowest BCUT2D eigenvalue weighted by atomic mass is 9.85. The molecule has 0 bridgehead atoms. The summed E-state index contributed by atoms with van der Waals surface area (Å²) >= 11 is 0. The van der Waals surface area contributed by atoms with Crippen LogP contribution in [0, 0.1) is 0 Å². The molecule has 3 nitrogen and oxygen atoms in total. The van der Waals surface area contributed by atoms with Crippen molar-refractivity contribution in [2.24, 2.45) is 7.05 Å². The van der Waals surface area contributed by atoms with Crippen molar-refractivity contribution in [1.82, 2.24) is 4.57 Å². The molecule has 0 fully saturated rings. The number of hydrogen-bond donors (Lipinski definition) is 0. The zero-order chi connectivity index (χ0) is 25.3. The minimum absolute atomic E-state index is 0.0586. The molecule has 2 atom stereocenters. The number of hydrogen-bond acceptors (Lipinski definition) is 1. The van der Waals surface area contributed by atoms with E-state index in [4.69, 9.17) is 0 Å². The van der Waals surface area contributed by atoms with Crippen molar-refractivity contribution in [3.05, 3.63) is 120 Å². The van der Waals surface area contributed by atoms with Crippen molar-refractivity contribution >= 4 is 33.3 Å². The molecule has 1 aliphatic heterocycles. The van der Waals surface area contributed by atoms with E-state index in [1.165, 1.54) is 50.3 Å². The molecule has 2 aliphatic rings. The van der Waals surface area contributed by atoms with E-state index in [2.05, 4.69) is 151 Å². The molecule has 3 aromatic carbocycles. The maximum atomic E-state index is 2.59. The number of rotatable bonds is 2. The third kappa shape index (κ3) is 3.10. The molecule has 0 N–H and O–H groups in total. The molecule has 0 amide bonds. The standard InChI is InChI=1S/C34H32N3/c1-34(2,3)33-32-29(25-19-11-13-21-27(25)37(32)24-17-9-6-10-18-24)31-30(35(33)4)26-20-12-14-22-28(26)36(31)23-15-7-5-8-16-23/h5-22,25,27H,1-4H3/q+1. The summed E-state index contributed by atoms with van der Waals surface area (Å²) in [5, 5.41) is 1.29. The highest BCUT2D eigenvalue weighted by atomic mass is 15.2. The average Bonchev–Trinajstić information content (AvgIpc) is 3.42. The lowest BCUT2D eigenvalue weighted by molar-refractivity contribution is -0.654. The number of nitrogens with zero attached hydrogens (tertiary/aromatic N) is 3. The van der Waals surface area contributed by atoms with Crippen LogP contribution in [0.25, 0.3) is 27.6 Å². The van der Waals surface area contributed by atoms with Gasteiger partial charge < -0.3 is 9.47 Å². The Labute approximate surface area is 218 Å². The second kappa shape index (κ2) is 7.94. The first-order valence-corrected chi connectivity index (χ1v) is 13.2. The van der Waals surface area contributed by atoms with E-state index in [1.54, 1.807) is 0 Å². The fraction of sp³-hybridized carbons (Fsp3) is 0.206. The number of aryl methyl sites for hydroxylation is 1. The summed E-state index contributed by atoms with van der Waals surface area (Å²) in [6.45, 7) is 7.05. The highest BCUT2D eigenvalue weighted by Gasteiger charge is 2.48. The van der Waals surface area contributed by atoms with Gasteiger partial charge in [-0.05, 0) is 36.4 Å². The fourth-order valence-corrected chi connectivity index (χ4v) is 6.73. The van der Waals surface area contributed by atoms with Gasteiger partial charge in [-0.1, -0.05) is 93.6 Å². The third-order valence-electron chi connectivity index (χ3n) is 7.99. The van der Waals surface area contributed by atoms with Gasteiger partial charge in [-0.25, -0.2) is 0 Å². The first kappa shape index (κ1) is 22.1. The predicted octanol–water partition coefficient (Wildman–Crippen LogP) is 7.64. The van der Waals surface area contributed by atoms with Crippen molar-refractivity contribution in [3.8, 4) is 5.69 Å². The number of aromatic nitrogens is 2. The fourth-order valence-electron chi connectivity index (χ4n) is 6.73. The van der Waals surface area contributed by atoms with Crippen LogP contribution in [0.5, 0.6) is 0 Å². The second-order valence-corrected chi connectivity index (χ2v) is 11.3. The Morgan fingerprint density at radius 3 is 2.05 bits per heavy atom. The number of fused-ring (bicyclic) bond motifs is 7. The summed E-state index contributed by atoms with van der Waals surface area (Å²) in [5.74, 6) is 0.261. The zero-order valence-electron chi connectivity index (χ0n) is 21.9. The van der Waals surface area contributed by atoms with Crippen LogP contribution < -0.4 is 9.47 Å². The van der Waals surface area contributed by atoms with Crippen molar-refractivity contribution in [2.45, 2.75) is 38.1 Å². The summed E-state index contributed by atoms with van der Waals surface area (Å²) < 4.78 is 4.98. The van der Waals surface area contributed by atoms with E-state index < -0.39 is 0 Å². The predicted molar refractivity (Wildman–Crippen MR) is 154 cm³/mol. The van der Waals surface area contributed by atoms with Crippen LogP contribution in [0.3, 0.4) is 0 Å². The van der Waals surface area contributed by atoms with Gasteiger partial charge in [0.2, 0.25) is 11.2 Å². The van der Waals surface area contributed by atoms with Gasteiger partial charge in [0.15, 0.2) is 0 Å². The van der Waals surface area contributed by atoms with Crippen molar-refractivity contribution < 1.29 is 4.57 Å². The van der Waals surface area contributed by atoms with Crippen LogP contribution in [-0.4, -0.2) is 10.6 Å². The molecule has 37 heavy (non-hydrogen) atoms. The van der Waals surface area contributed by atoms with E-state index in [-0.39, 0.29) is 17.4 Å². The normalized spacial score (nSPS) is 18.5. The van der Waals surface area contributed by atoms with Crippen LogP contribution in [0.15, 0.2) is 109 Å². The first-order chi connectivity index (χ1) is 18.0. The third-order valence-corrected chi connectivity index (χ3v) is 7.99. The van der Waals surface area contributed by atoms with E-state index >= 15 is 0 Å². The minimum Gasteiger partial charge on any atom is -0.328 e. The molecule has 2 unspecified atom stereocenters. The van der Waals surface area contributed by atoms with Crippen molar-refractivity contribution in [3.63, 3.8) is 0 Å². The van der Waals surface area contributed by atoms with Gasteiger partial charge >= 0.3 is 0 Å². The van der Waals surface area contributed by atoms with Crippen molar-refractivity contribution in [1.29, 1.82) is 0 Å². The van der Waals surface area contributed by atoms with Gasteiger partial charge in [-0.15, -0.1) is 0 Å². The smallest absolute Gasteiger partial charge is 0.239 e. The molecular weight excluding hydrogens is 450 g/mol. The van der Waals surface area contributed by atoms with Gasteiger partial charge in [0.1, 0.15) is 18.3 Å². The number of para-hydroxylation sites is 3. The molecule has 2 aromatic heterocycles. The molecule has 3 heterocycles. The van der Waals surface area contributed by atoms with Crippen molar-refractivity contribution in [2.75, 3.05) is 4.90 Å². The average molecular weight is 483 g/mol. The van der Waals surface area contributed by atoms with Gasteiger partial charge in [0.25, 0.3) is 0 Å².